The number of rotatable bonds is 4. The number of benzene rings is 1. The lowest BCUT2D eigenvalue weighted by molar-refractivity contribution is -0.143. The highest BCUT2D eigenvalue weighted by molar-refractivity contribution is 6.05. The van der Waals surface area contributed by atoms with Crippen LogP contribution in [-0.4, -0.2) is 40.6 Å². The Balaban J connectivity index is 1.54. The molecule has 0 spiro atoms. The lowest BCUT2D eigenvalue weighted by Gasteiger charge is -2.13. The number of alkyl halides is 3. The van der Waals surface area contributed by atoms with Crippen molar-refractivity contribution in [1.29, 1.82) is 5.26 Å². The second-order valence-corrected chi connectivity index (χ2v) is 7.15. The third kappa shape index (κ3) is 3.84. The summed E-state index contributed by atoms with van der Waals surface area (Å²) in [6.07, 6.45) is -0.189. The minimum Gasteiger partial charge on any atom is -0.439 e. The zero-order valence-electron chi connectivity index (χ0n) is 17.6. The van der Waals surface area contributed by atoms with Crippen LogP contribution in [0.1, 0.15) is 27.5 Å². The SMILES string of the molecule is Cc1nc2cccc(-n3ncc(C(=O)Nc4cnc(-n5nccn5)c(C#N)c4)c3C(F)(F)F)c2o1. The molecule has 35 heavy (non-hydrogen) atoms. The van der Waals surface area contributed by atoms with E-state index in [1.165, 1.54) is 36.8 Å². The van der Waals surface area contributed by atoms with Gasteiger partial charge in [0, 0.05) is 6.92 Å². The number of para-hydroxylation sites is 1. The fourth-order valence-corrected chi connectivity index (χ4v) is 3.47. The van der Waals surface area contributed by atoms with E-state index in [-0.39, 0.29) is 34.2 Å². The number of anilines is 1. The molecule has 14 heteroatoms. The Morgan fingerprint density at radius 2 is 1.94 bits per heavy atom. The highest BCUT2D eigenvalue weighted by Crippen LogP contribution is 2.35. The average Bonchev–Trinajstić information content (AvgIpc) is 3.56. The Kier molecular flexibility index (Phi) is 5.01. The number of oxazole rings is 1. The molecule has 0 aliphatic carbocycles. The van der Waals surface area contributed by atoms with Gasteiger partial charge in [-0.2, -0.15) is 33.7 Å². The standard InChI is InChI=1S/C21H12F3N9O2/c1-11-30-15-3-2-4-16(17(15)35-11)32-18(21(22,23)24)14(10-29-32)20(34)31-13-7-12(8-25)19(26-9-13)33-27-5-6-28-33/h2-7,9-10H,1H3,(H,31,34). The van der Waals surface area contributed by atoms with Gasteiger partial charge in [0.25, 0.3) is 5.91 Å². The van der Waals surface area contributed by atoms with Crippen LogP contribution in [0.15, 0.2) is 53.5 Å². The molecular formula is C21H12F3N9O2. The summed E-state index contributed by atoms with van der Waals surface area (Å²) < 4.78 is 48.4. The first kappa shape index (κ1) is 21.8. The molecule has 174 valence electrons. The first-order valence-corrected chi connectivity index (χ1v) is 9.86. The number of fused-ring (bicyclic) bond motifs is 1. The van der Waals surface area contributed by atoms with E-state index in [1.54, 1.807) is 13.0 Å². The first-order chi connectivity index (χ1) is 16.8. The molecule has 5 aromatic rings. The van der Waals surface area contributed by atoms with E-state index in [1.807, 2.05) is 6.07 Å². The summed E-state index contributed by atoms with van der Waals surface area (Å²) in [4.78, 5) is 22.1. The van der Waals surface area contributed by atoms with E-state index < -0.39 is 23.3 Å². The van der Waals surface area contributed by atoms with Crippen molar-refractivity contribution in [3.8, 4) is 17.6 Å². The van der Waals surface area contributed by atoms with E-state index >= 15 is 0 Å². The Morgan fingerprint density at radius 1 is 1.17 bits per heavy atom. The van der Waals surface area contributed by atoms with E-state index in [2.05, 4.69) is 30.6 Å². The molecule has 0 radical (unpaired) electrons. The van der Waals surface area contributed by atoms with Crippen LogP contribution >= 0.6 is 0 Å². The predicted molar refractivity (Wildman–Crippen MR) is 113 cm³/mol. The number of hydrogen-bond donors (Lipinski definition) is 1. The number of nitriles is 1. The van der Waals surface area contributed by atoms with Gasteiger partial charge >= 0.3 is 6.18 Å². The van der Waals surface area contributed by atoms with Gasteiger partial charge in [0.05, 0.1) is 36.0 Å². The highest BCUT2D eigenvalue weighted by Gasteiger charge is 2.41. The van der Waals surface area contributed by atoms with Crippen LogP contribution in [-0.2, 0) is 6.18 Å². The van der Waals surface area contributed by atoms with Gasteiger partial charge in [0.15, 0.2) is 23.0 Å². The van der Waals surface area contributed by atoms with Gasteiger partial charge in [0.2, 0.25) is 0 Å². The number of aryl methyl sites for hydroxylation is 1. The molecule has 0 saturated heterocycles. The number of hydrogen-bond acceptors (Lipinski definition) is 8. The number of nitrogens with zero attached hydrogens (tertiary/aromatic N) is 8. The van der Waals surface area contributed by atoms with Crippen molar-refractivity contribution >= 4 is 22.7 Å². The third-order valence-corrected chi connectivity index (χ3v) is 4.86. The number of amides is 1. The van der Waals surface area contributed by atoms with Crippen LogP contribution in [0.3, 0.4) is 0 Å². The van der Waals surface area contributed by atoms with Crippen molar-refractivity contribution < 1.29 is 22.4 Å². The number of halogens is 3. The summed E-state index contributed by atoms with van der Waals surface area (Å²) >= 11 is 0. The zero-order chi connectivity index (χ0) is 24.7. The molecule has 4 aromatic heterocycles. The Morgan fingerprint density at radius 3 is 2.66 bits per heavy atom. The molecule has 0 fully saturated rings. The zero-order valence-corrected chi connectivity index (χ0v) is 17.6. The van der Waals surface area contributed by atoms with E-state index in [4.69, 9.17) is 4.42 Å². The summed E-state index contributed by atoms with van der Waals surface area (Å²) in [5.41, 5.74) is -1.63. The molecule has 0 unspecified atom stereocenters. The fourth-order valence-electron chi connectivity index (χ4n) is 3.47. The van der Waals surface area contributed by atoms with Gasteiger partial charge in [-0.1, -0.05) is 6.07 Å². The maximum Gasteiger partial charge on any atom is 0.434 e. The van der Waals surface area contributed by atoms with Crippen molar-refractivity contribution in [2.24, 2.45) is 0 Å². The molecule has 0 saturated carbocycles. The van der Waals surface area contributed by atoms with E-state index in [9.17, 15) is 23.2 Å². The number of pyridine rings is 1. The van der Waals surface area contributed by atoms with Gasteiger partial charge in [0.1, 0.15) is 22.8 Å². The number of carbonyl (C=O) groups excluding carboxylic acids is 1. The van der Waals surface area contributed by atoms with Gasteiger partial charge in [-0.15, -0.1) is 4.80 Å². The lowest BCUT2D eigenvalue weighted by atomic mass is 10.2. The van der Waals surface area contributed by atoms with Gasteiger partial charge in [-0.3, -0.25) is 4.79 Å². The Hall–Kier alpha value is -5.06. The molecule has 0 aliphatic rings. The smallest absolute Gasteiger partial charge is 0.434 e. The second-order valence-electron chi connectivity index (χ2n) is 7.15. The third-order valence-electron chi connectivity index (χ3n) is 4.86. The summed E-state index contributed by atoms with van der Waals surface area (Å²) in [5, 5.41) is 23.3. The van der Waals surface area contributed by atoms with Crippen molar-refractivity contribution in [3.63, 3.8) is 0 Å². The molecule has 4 heterocycles. The van der Waals surface area contributed by atoms with Crippen LogP contribution in [0, 0.1) is 18.3 Å². The average molecular weight is 479 g/mol. The van der Waals surface area contributed by atoms with Crippen LogP contribution < -0.4 is 5.32 Å². The molecule has 0 atom stereocenters. The lowest BCUT2D eigenvalue weighted by Crippen LogP contribution is -2.21. The monoisotopic (exact) mass is 479 g/mol. The first-order valence-electron chi connectivity index (χ1n) is 9.86. The summed E-state index contributed by atoms with van der Waals surface area (Å²) in [6.45, 7) is 1.56. The van der Waals surface area contributed by atoms with Gasteiger partial charge < -0.3 is 9.73 Å². The molecule has 5 rings (SSSR count). The molecule has 1 aromatic carbocycles. The van der Waals surface area contributed by atoms with Crippen LogP contribution in [0.25, 0.3) is 22.6 Å². The topological polar surface area (TPSA) is 140 Å². The molecule has 1 N–H and O–H groups in total. The number of aromatic nitrogens is 7. The van der Waals surface area contributed by atoms with E-state index in [0.29, 0.717) is 10.2 Å². The van der Waals surface area contributed by atoms with Crippen molar-refractivity contribution in [2.45, 2.75) is 13.1 Å². The quantitative estimate of drug-likeness (QED) is 0.413. The maximum atomic E-state index is 14.1. The van der Waals surface area contributed by atoms with Crippen molar-refractivity contribution in [3.05, 3.63) is 71.8 Å². The van der Waals surface area contributed by atoms with Gasteiger partial charge in [-0.25, -0.2) is 14.6 Å². The van der Waals surface area contributed by atoms with Crippen molar-refractivity contribution in [2.75, 3.05) is 5.32 Å². The van der Waals surface area contributed by atoms with E-state index in [0.717, 1.165) is 11.0 Å². The number of nitrogens with one attached hydrogen (secondary N) is 1. The predicted octanol–water partition coefficient (Wildman–Crippen LogP) is 3.44. The maximum absolute atomic E-state index is 14.1. The van der Waals surface area contributed by atoms with Crippen LogP contribution in [0.4, 0.5) is 18.9 Å². The second kappa shape index (κ2) is 8.06. The minimum atomic E-state index is -4.94. The highest BCUT2D eigenvalue weighted by atomic mass is 19.4. The normalized spacial score (nSPS) is 11.5. The van der Waals surface area contributed by atoms with Crippen LogP contribution in [0.5, 0.6) is 0 Å². The summed E-state index contributed by atoms with van der Waals surface area (Å²) in [5.74, 6) is -0.740. The largest absolute Gasteiger partial charge is 0.439 e. The molecule has 0 bridgehead atoms. The molecule has 0 aliphatic heterocycles. The summed E-state index contributed by atoms with van der Waals surface area (Å²) in [7, 11) is 0. The van der Waals surface area contributed by atoms with Crippen LogP contribution in [0.2, 0.25) is 0 Å². The van der Waals surface area contributed by atoms with Crippen molar-refractivity contribution in [1.82, 2.24) is 34.7 Å². The molecule has 1 amide bonds. The Labute approximate surface area is 193 Å². The molecular weight excluding hydrogens is 467 g/mol. The minimum absolute atomic E-state index is 0.00175. The summed E-state index contributed by atoms with van der Waals surface area (Å²) in [6, 6.07) is 7.61. The Bertz CT molecular complexity index is 1610. The number of carbonyl (C=O) groups is 1. The molecule has 11 nitrogen and oxygen atoms in total. The van der Waals surface area contributed by atoms with Gasteiger partial charge in [-0.05, 0) is 18.2 Å². The fraction of sp³-hybridized carbons (Fsp3) is 0.0952.